The van der Waals surface area contributed by atoms with Crippen molar-refractivity contribution in [3.05, 3.63) is 0 Å². The highest BCUT2D eigenvalue weighted by atomic mass is 16.7. The second-order valence-corrected chi connectivity index (χ2v) is 11.3. The molecular weight excluding hydrogens is 438 g/mol. The molecular formula is C26H49NO7. The first-order chi connectivity index (χ1) is 15.8. The standard InChI is InChI=1S/C26H49NO7/c1-16-11-18(3)33-23(13-16)34-22-10-9-21(28)12-17(2)14-27(7)20(5)24(31-8)26(6,30)15-32-25(29)19(22)4/h16-24,28,30H,9-15H2,1-8H3/t16?,17-,18?,19?,20?,21?,22+,23+,24?,26?/m1/s1. The molecule has 2 heterocycles. The molecule has 2 aliphatic rings. The van der Waals surface area contributed by atoms with Gasteiger partial charge in [0.25, 0.3) is 0 Å². The molecule has 34 heavy (non-hydrogen) atoms. The Bertz CT molecular complexity index is 620. The molecule has 2 N–H and O–H groups in total. The van der Waals surface area contributed by atoms with Gasteiger partial charge in [-0.15, -0.1) is 0 Å². The van der Waals surface area contributed by atoms with Gasteiger partial charge in [-0.3, -0.25) is 4.79 Å². The number of hydrogen-bond acceptors (Lipinski definition) is 8. The zero-order chi connectivity index (χ0) is 25.6. The van der Waals surface area contributed by atoms with Crippen LogP contribution in [0.4, 0.5) is 0 Å². The number of methoxy groups -OCH3 is 1. The molecule has 0 saturated carbocycles. The number of hydrogen-bond donors (Lipinski definition) is 2. The summed E-state index contributed by atoms with van der Waals surface area (Å²) in [5.74, 6) is -0.281. The topological polar surface area (TPSA) is 97.7 Å². The summed E-state index contributed by atoms with van der Waals surface area (Å²) in [5, 5.41) is 21.9. The molecule has 0 aromatic carbocycles. The lowest BCUT2D eigenvalue weighted by molar-refractivity contribution is -0.231. The van der Waals surface area contributed by atoms with Gasteiger partial charge in [-0.05, 0) is 72.3 Å². The third-order valence-electron chi connectivity index (χ3n) is 7.53. The lowest BCUT2D eigenvalue weighted by Gasteiger charge is -2.40. The van der Waals surface area contributed by atoms with Gasteiger partial charge in [0.1, 0.15) is 18.3 Å². The Hall–Kier alpha value is -0.770. The minimum absolute atomic E-state index is 0.102. The van der Waals surface area contributed by atoms with Gasteiger partial charge in [0.05, 0.1) is 24.2 Å². The van der Waals surface area contributed by atoms with E-state index in [1.807, 2.05) is 20.9 Å². The third-order valence-corrected chi connectivity index (χ3v) is 7.53. The minimum Gasteiger partial charge on any atom is -0.462 e. The van der Waals surface area contributed by atoms with Crippen LogP contribution in [0.5, 0.6) is 0 Å². The maximum Gasteiger partial charge on any atom is 0.311 e. The first-order valence-electron chi connectivity index (χ1n) is 12.9. The van der Waals surface area contributed by atoms with Crippen molar-refractivity contribution in [2.45, 2.75) is 116 Å². The highest BCUT2D eigenvalue weighted by Gasteiger charge is 2.41. The average molecular weight is 488 g/mol. The van der Waals surface area contributed by atoms with E-state index < -0.39 is 35.8 Å². The molecule has 0 aromatic rings. The van der Waals surface area contributed by atoms with Gasteiger partial charge >= 0.3 is 5.97 Å². The largest absolute Gasteiger partial charge is 0.462 e. The molecule has 2 fully saturated rings. The first kappa shape index (κ1) is 29.5. The van der Waals surface area contributed by atoms with Crippen LogP contribution in [0.15, 0.2) is 0 Å². The van der Waals surface area contributed by atoms with Crippen LogP contribution < -0.4 is 0 Å². The summed E-state index contributed by atoms with van der Waals surface area (Å²) in [6.45, 7) is 12.3. The Labute approximate surface area is 206 Å². The zero-order valence-electron chi connectivity index (χ0n) is 22.5. The predicted octanol–water partition coefficient (Wildman–Crippen LogP) is 2.98. The maximum absolute atomic E-state index is 13.0. The number of aliphatic hydroxyl groups is 2. The summed E-state index contributed by atoms with van der Waals surface area (Å²) in [6.07, 6.45) is 1.67. The van der Waals surface area contributed by atoms with E-state index in [2.05, 4.69) is 18.7 Å². The van der Waals surface area contributed by atoms with E-state index in [0.717, 1.165) is 19.4 Å². The van der Waals surface area contributed by atoms with Crippen molar-refractivity contribution in [3.63, 3.8) is 0 Å². The van der Waals surface area contributed by atoms with Gasteiger partial charge in [-0.25, -0.2) is 0 Å². The molecule has 2 aliphatic heterocycles. The van der Waals surface area contributed by atoms with Crippen LogP contribution in [0.3, 0.4) is 0 Å². The summed E-state index contributed by atoms with van der Waals surface area (Å²) >= 11 is 0. The molecule has 2 rings (SSSR count). The molecule has 0 spiro atoms. The molecule has 8 heteroatoms. The zero-order valence-corrected chi connectivity index (χ0v) is 22.5. The Balaban J connectivity index is 2.22. The van der Waals surface area contributed by atoms with Crippen LogP contribution in [0.25, 0.3) is 0 Å². The van der Waals surface area contributed by atoms with Gasteiger partial charge in [0.2, 0.25) is 0 Å². The SMILES string of the molecule is COC1C(C)N(C)C[C@H](C)CC(O)CC[C@H](O[C@H]2CC(C)CC(C)O2)C(C)C(=O)OCC1(C)O. The molecule has 0 aromatic heterocycles. The third kappa shape index (κ3) is 8.42. The number of cyclic esters (lactones) is 1. The minimum atomic E-state index is -1.37. The number of carbonyl (C=O) groups excluding carboxylic acids is 1. The fraction of sp³-hybridized carbons (Fsp3) is 0.962. The van der Waals surface area contributed by atoms with Crippen LogP contribution in [-0.4, -0.2) is 90.7 Å². The molecule has 0 bridgehead atoms. The van der Waals surface area contributed by atoms with E-state index in [0.29, 0.717) is 25.2 Å². The Kier molecular flexibility index (Phi) is 11.2. The fourth-order valence-electron chi connectivity index (χ4n) is 5.54. The highest BCUT2D eigenvalue weighted by Crippen LogP contribution is 2.30. The average Bonchev–Trinajstić information content (AvgIpc) is 2.73. The van der Waals surface area contributed by atoms with Crippen LogP contribution in [0.1, 0.15) is 73.6 Å². The Morgan fingerprint density at radius 1 is 1.06 bits per heavy atom. The van der Waals surface area contributed by atoms with E-state index in [9.17, 15) is 15.0 Å². The summed E-state index contributed by atoms with van der Waals surface area (Å²) in [6, 6.07) is -0.121. The van der Waals surface area contributed by atoms with Gasteiger partial charge in [-0.1, -0.05) is 13.8 Å². The number of likely N-dealkylation sites (N-methyl/N-ethyl adjacent to an activating group) is 1. The molecule has 7 unspecified atom stereocenters. The summed E-state index contributed by atoms with van der Waals surface area (Å²) in [5.41, 5.74) is -1.37. The number of nitrogens with zero attached hydrogens (tertiary/aromatic N) is 1. The molecule has 0 aliphatic carbocycles. The molecule has 10 atom stereocenters. The summed E-state index contributed by atoms with van der Waals surface area (Å²) in [7, 11) is 3.54. The van der Waals surface area contributed by atoms with Crippen molar-refractivity contribution in [2.24, 2.45) is 17.8 Å². The van der Waals surface area contributed by atoms with E-state index in [1.165, 1.54) is 0 Å². The Morgan fingerprint density at radius 2 is 1.74 bits per heavy atom. The van der Waals surface area contributed by atoms with Crippen molar-refractivity contribution < 1.29 is 34.0 Å². The highest BCUT2D eigenvalue weighted by molar-refractivity contribution is 5.72. The molecule has 0 radical (unpaired) electrons. The van der Waals surface area contributed by atoms with Gasteiger partial charge < -0.3 is 34.1 Å². The van der Waals surface area contributed by atoms with Crippen LogP contribution >= 0.6 is 0 Å². The van der Waals surface area contributed by atoms with E-state index in [4.69, 9.17) is 18.9 Å². The number of aliphatic hydroxyl groups excluding tert-OH is 1. The molecule has 8 nitrogen and oxygen atoms in total. The van der Waals surface area contributed by atoms with Crippen LogP contribution in [0, 0.1) is 17.8 Å². The van der Waals surface area contributed by atoms with Gasteiger partial charge in [-0.2, -0.15) is 0 Å². The number of carbonyl (C=O) groups is 1. The number of rotatable bonds is 3. The first-order valence-corrected chi connectivity index (χ1v) is 12.9. The lowest BCUT2D eigenvalue weighted by Crippen LogP contribution is -2.56. The van der Waals surface area contributed by atoms with Gasteiger partial charge in [0, 0.05) is 26.1 Å². The Morgan fingerprint density at radius 3 is 2.35 bits per heavy atom. The predicted molar refractivity (Wildman–Crippen MR) is 130 cm³/mol. The second kappa shape index (κ2) is 13.0. The van der Waals surface area contributed by atoms with E-state index in [-0.39, 0.29) is 31.0 Å². The maximum atomic E-state index is 13.0. The number of ether oxygens (including phenoxy) is 4. The van der Waals surface area contributed by atoms with Crippen molar-refractivity contribution in [1.82, 2.24) is 4.90 Å². The molecule has 2 saturated heterocycles. The van der Waals surface area contributed by atoms with Crippen molar-refractivity contribution in [2.75, 3.05) is 27.3 Å². The lowest BCUT2D eigenvalue weighted by atomic mass is 9.92. The second-order valence-electron chi connectivity index (χ2n) is 11.3. The van der Waals surface area contributed by atoms with Crippen molar-refractivity contribution in [3.8, 4) is 0 Å². The van der Waals surface area contributed by atoms with E-state index in [1.54, 1.807) is 21.0 Å². The van der Waals surface area contributed by atoms with Crippen LogP contribution in [0.2, 0.25) is 0 Å². The fourth-order valence-corrected chi connectivity index (χ4v) is 5.54. The smallest absolute Gasteiger partial charge is 0.311 e. The van der Waals surface area contributed by atoms with Crippen LogP contribution in [-0.2, 0) is 23.7 Å². The monoisotopic (exact) mass is 487 g/mol. The van der Waals surface area contributed by atoms with E-state index >= 15 is 0 Å². The quantitative estimate of drug-likeness (QED) is 0.587. The number of esters is 1. The summed E-state index contributed by atoms with van der Waals surface area (Å²) in [4.78, 5) is 15.2. The molecule has 200 valence electrons. The normalized spacial score (nSPS) is 44.6. The molecule has 0 amide bonds. The van der Waals surface area contributed by atoms with Crippen molar-refractivity contribution in [1.29, 1.82) is 0 Å². The van der Waals surface area contributed by atoms with Crippen molar-refractivity contribution >= 4 is 5.97 Å². The van der Waals surface area contributed by atoms with Gasteiger partial charge in [0.15, 0.2) is 6.29 Å². The summed E-state index contributed by atoms with van der Waals surface area (Å²) < 4.78 is 23.6.